The van der Waals surface area contributed by atoms with Crippen molar-refractivity contribution in [2.45, 2.75) is 11.8 Å². The molecule has 7 heteroatoms. The predicted molar refractivity (Wildman–Crippen MR) is 99.2 cm³/mol. The lowest BCUT2D eigenvalue weighted by Crippen LogP contribution is -2.21. The Kier molecular flexibility index (Phi) is 5.58. The molecule has 0 unspecified atom stereocenters. The van der Waals surface area contributed by atoms with Crippen molar-refractivity contribution in [3.05, 3.63) is 71.9 Å². The number of thioether (sulfide) groups is 1. The summed E-state index contributed by atoms with van der Waals surface area (Å²) < 4.78 is 27.4. The van der Waals surface area contributed by atoms with Crippen LogP contribution in [0.1, 0.15) is 12.5 Å². The van der Waals surface area contributed by atoms with Crippen LogP contribution in [0.2, 0.25) is 0 Å². The Morgan fingerprint density at radius 3 is 2.58 bits per heavy atom. The highest BCUT2D eigenvalue weighted by Gasteiger charge is 2.12. The summed E-state index contributed by atoms with van der Waals surface area (Å²) in [5, 5.41) is 4.79. The van der Waals surface area contributed by atoms with Gasteiger partial charge in [-0.1, -0.05) is 24.3 Å². The number of aromatic nitrogens is 1. The number of hydrazone groups is 1. The maximum atomic E-state index is 13.7. The number of pyridine rings is 1. The molecule has 0 aliphatic rings. The highest BCUT2D eigenvalue weighted by molar-refractivity contribution is 8.00. The van der Waals surface area contributed by atoms with E-state index in [0.29, 0.717) is 0 Å². The first-order chi connectivity index (χ1) is 12.6. The minimum atomic E-state index is -0.725. The van der Waals surface area contributed by atoms with Crippen molar-refractivity contribution >= 4 is 34.3 Å². The van der Waals surface area contributed by atoms with E-state index in [1.807, 2.05) is 30.3 Å². The summed E-state index contributed by atoms with van der Waals surface area (Å²) >= 11 is 1.32. The van der Waals surface area contributed by atoms with Gasteiger partial charge in [-0.05, 0) is 31.2 Å². The zero-order chi connectivity index (χ0) is 18.5. The highest BCUT2D eigenvalue weighted by Crippen LogP contribution is 2.25. The lowest BCUT2D eigenvalue weighted by Gasteiger charge is -2.06. The molecule has 0 atom stereocenters. The number of halogens is 2. The van der Waals surface area contributed by atoms with Gasteiger partial charge in [-0.15, -0.1) is 11.8 Å². The van der Waals surface area contributed by atoms with E-state index in [9.17, 15) is 13.6 Å². The number of hydrogen-bond acceptors (Lipinski definition) is 4. The minimum absolute atomic E-state index is 0.0609. The summed E-state index contributed by atoms with van der Waals surface area (Å²) in [6.45, 7) is 1.43. The predicted octanol–water partition coefficient (Wildman–Crippen LogP) is 4.15. The van der Waals surface area contributed by atoms with Crippen molar-refractivity contribution in [1.82, 2.24) is 10.4 Å². The Balaban J connectivity index is 1.66. The largest absolute Gasteiger partial charge is 0.272 e. The second-order valence-electron chi connectivity index (χ2n) is 5.45. The number of nitrogens with zero attached hydrogens (tertiary/aromatic N) is 2. The molecule has 0 bridgehead atoms. The summed E-state index contributed by atoms with van der Waals surface area (Å²) in [6.07, 6.45) is 1.70. The van der Waals surface area contributed by atoms with Crippen LogP contribution in [0.25, 0.3) is 10.9 Å². The molecule has 0 spiro atoms. The standard InChI is InChI=1S/C19H15F2N3OS/c1-12(18-14(20)7-3-8-15(18)21)23-24-17(25)11-26-16-9-2-5-13-6-4-10-22-19(13)16/h2-10H,11H2,1H3,(H,24,25)/b23-12-. The lowest BCUT2D eigenvalue weighted by atomic mass is 10.1. The molecule has 0 aliphatic heterocycles. The first kappa shape index (κ1) is 18.0. The number of amides is 1. The summed E-state index contributed by atoms with van der Waals surface area (Å²) in [4.78, 5) is 17.2. The van der Waals surface area contributed by atoms with Crippen molar-refractivity contribution in [2.24, 2.45) is 5.10 Å². The molecular formula is C19H15F2N3OS. The maximum Gasteiger partial charge on any atom is 0.250 e. The van der Waals surface area contributed by atoms with Crippen LogP contribution < -0.4 is 5.43 Å². The third-order valence-corrected chi connectivity index (χ3v) is 4.67. The van der Waals surface area contributed by atoms with E-state index >= 15 is 0 Å². The van der Waals surface area contributed by atoms with Gasteiger partial charge in [0.1, 0.15) is 11.6 Å². The minimum Gasteiger partial charge on any atom is -0.272 e. The van der Waals surface area contributed by atoms with Gasteiger partial charge in [-0.3, -0.25) is 9.78 Å². The molecule has 1 amide bonds. The molecule has 0 radical (unpaired) electrons. The summed E-state index contributed by atoms with van der Waals surface area (Å²) in [6, 6.07) is 13.1. The van der Waals surface area contributed by atoms with Crippen molar-refractivity contribution in [3.63, 3.8) is 0 Å². The van der Waals surface area contributed by atoms with Gasteiger partial charge < -0.3 is 0 Å². The normalized spacial score (nSPS) is 11.6. The number of hydrogen-bond donors (Lipinski definition) is 1. The van der Waals surface area contributed by atoms with E-state index in [4.69, 9.17) is 0 Å². The molecular weight excluding hydrogens is 356 g/mol. The van der Waals surface area contributed by atoms with Crippen molar-refractivity contribution < 1.29 is 13.6 Å². The van der Waals surface area contributed by atoms with E-state index in [-0.39, 0.29) is 22.9 Å². The van der Waals surface area contributed by atoms with E-state index < -0.39 is 11.6 Å². The SMILES string of the molecule is C/C(=N/NC(=O)CSc1cccc2cccnc12)c1c(F)cccc1F. The average Bonchev–Trinajstić information content (AvgIpc) is 2.64. The van der Waals surface area contributed by atoms with E-state index in [1.54, 1.807) is 6.20 Å². The smallest absolute Gasteiger partial charge is 0.250 e. The lowest BCUT2D eigenvalue weighted by molar-refractivity contribution is -0.118. The van der Waals surface area contributed by atoms with Crippen LogP contribution in [0, 0.1) is 11.6 Å². The number of carbonyl (C=O) groups excluding carboxylic acids is 1. The highest BCUT2D eigenvalue weighted by atomic mass is 32.2. The van der Waals surface area contributed by atoms with Crippen LogP contribution in [0.5, 0.6) is 0 Å². The van der Waals surface area contributed by atoms with E-state index in [1.165, 1.54) is 24.8 Å². The van der Waals surface area contributed by atoms with Crippen LogP contribution in [0.4, 0.5) is 8.78 Å². The number of para-hydroxylation sites is 1. The number of nitrogens with one attached hydrogen (secondary N) is 1. The fourth-order valence-electron chi connectivity index (χ4n) is 2.41. The van der Waals surface area contributed by atoms with Crippen molar-refractivity contribution in [3.8, 4) is 0 Å². The van der Waals surface area contributed by atoms with Crippen LogP contribution in [0.15, 0.2) is 64.7 Å². The average molecular weight is 371 g/mol. The Bertz CT molecular complexity index is 966. The van der Waals surface area contributed by atoms with Crippen LogP contribution in [-0.2, 0) is 4.79 Å². The number of fused-ring (bicyclic) bond motifs is 1. The molecule has 0 aliphatic carbocycles. The third-order valence-electron chi connectivity index (χ3n) is 3.63. The molecule has 0 fully saturated rings. The molecule has 1 aromatic heterocycles. The Hall–Kier alpha value is -2.80. The summed E-state index contributed by atoms with van der Waals surface area (Å²) in [5.74, 6) is -1.72. The van der Waals surface area contributed by atoms with Gasteiger partial charge in [-0.25, -0.2) is 14.2 Å². The van der Waals surface area contributed by atoms with Gasteiger partial charge in [0.25, 0.3) is 0 Å². The molecule has 4 nitrogen and oxygen atoms in total. The summed E-state index contributed by atoms with van der Waals surface area (Å²) in [7, 11) is 0. The van der Waals surface area contributed by atoms with Gasteiger partial charge >= 0.3 is 0 Å². The Morgan fingerprint density at radius 2 is 1.81 bits per heavy atom. The van der Waals surface area contributed by atoms with Crippen LogP contribution in [-0.4, -0.2) is 22.4 Å². The zero-order valence-electron chi connectivity index (χ0n) is 13.9. The number of rotatable bonds is 5. The Labute approximate surface area is 153 Å². The van der Waals surface area contributed by atoms with Gasteiger partial charge in [0.15, 0.2) is 0 Å². The van der Waals surface area contributed by atoms with Gasteiger partial charge in [0.2, 0.25) is 5.91 Å². The molecule has 3 rings (SSSR count). The van der Waals surface area contributed by atoms with Crippen molar-refractivity contribution in [1.29, 1.82) is 0 Å². The second-order valence-corrected chi connectivity index (χ2v) is 6.47. The monoisotopic (exact) mass is 371 g/mol. The number of carbonyl (C=O) groups is 1. The van der Waals surface area contributed by atoms with Gasteiger partial charge in [-0.2, -0.15) is 5.10 Å². The van der Waals surface area contributed by atoms with Gasteiger partial charge in [0, 0.05) is 16.5 Å². The van der Waals surface area contributed by atoms with Gasteiger partial charge in [0.05, 0.1) is 22.5 Å². The molecule has 1 heterocycles. The third kappa shape index (κ3) is 4.05. The molecule has 2 aromatic carbocycles. The van der Waals surface area contributed by atoms with E-state index in [2.05, 4.69) is 15.5 Å². The molecule has 132 valence electrons. The van der Waals surface area contributed by atoms with Crippen molar-refractivity contribution in [2.75, 3.05) is 5.75 Å². The van der Waals surface area contributed by atoms with Crippen LogP contribution >= 0.6 is 11.8 Å². The van der Waals surface area contributed by atoms with Crippen LogP contribution in [0.3, 0.4) is 0 Å². The summed E-state index contributed by atoms with van der Waals surface area (Å²) in [5.41, 5.74) is 2.96. The Morgan fingerprint density at radius 1 is 1.12 bits per heavy atom. The second kappa shape index (κ2) is 8.05. The molecule has 0 saturated carbocycles. The van der Waals surface area contributed by atoms with E-state index in [0.717, 1.165) is 27.9 Å². The quantitative estimate of drug-likeness (QED) is 0.417. The first-order valence-corrected chi connectivity index (χ1v) is 8.79. The fraction of sp³-hybridized carbons (Fsp3) is 0.105. The molecule has 0 saturated heterocycles. The zero-order valence-corrected chi connectivity index (χ0v) is 14.7. The molecule has 1 N–H and O–H groups in total. The molecule has 3 aromatic rings. The first-order valence-electron chi connectivity index (χ1n) is 7.80. The fourth-order valence-corrected chi connectivity index (χ4v) is 3.25. The molecule has 26 heavy (non-hydrogen) atoms. The maximum absolute atomic E-state index is 13.7. The number of benzene rings is 2. The topological polar surface area (TPSA) is 54.4 Å².